The highest BCUT2D eigenvalue weighted by Crippen LogP contribution is 2.04. The number of rotatable bonds is 9. The average Bonchev–Trinajstić information content (AvgIpc) is 2.57. The van der Waals surface area contributed by atoms with E-state index >= 15 is 0 Å². The van der Waals surface area contributed by atoms with Gasteiger partial charge in [-0.05, 0) is 30.3 Å². The largest absolute Gasteiger partial charge is 0.480 e. The van der Waals surface area contributed by atoms with E-state index in [2.05, 4.69) is 0 Å². The molecule has 0 rings (SSSR count). The molecular formula is C16H35N3O6S. The summed E-state index contributed by atoms with van der Waals surface area (Å²) in [5, 5.41) is 24.9. The summed E-state index contributed by atoms with van der Waals surface area (Å²) in [5.41, 5.74) is 15.6. The van der Waals surface area contributed by atoms with Crippen LogP contribution in [0.15, 0.2) is 0 Å². The van der Waals surface area contributed by atoms with Crippen LogP contribution >= 0.6 is 11.8 Å². The molecule has 4 atom stereocenters. The molecule has 0 aliphatic carbocycles. The van der Waals surface area contributed by atoms with Crippen molar-refractivity contribution < 1.29 is 29.7 Å². The van der Waals surface area contributed by atoms with Gasteiger partial charge in [0.2, 0.25) is 0 Å². The molecule has 0 aromatic carbocycles. The summed E-state index contributed by atoms with van der Waals surface area (Å²) in [6, 6.07) is -2.09. The summed E-state index contributed by atoms with van der Waals surface area (Å²) in [6.45, 7) is 7.31. The molecule has 0 aliphatic heterocycles. The molecule has 0 fully saturated rings. The molecule has 0 aromatic heterocycles. The summed E-state index contributed by atoms with van der Waals surface area (Å²) < 4.78 is 0. The van der Waals surface area contributed by atoms with Gasteiger partial charge in [0.1, 0.15) is 18.1 Å². The van der Waals surface area contributed by atoms with E-state index in [1.165, 1.54) is 0 Å². The molecule has 4 unspecified atom stereocenters. The van der Waals surface area contributed by atoms with E-state index in [4.69, 9.17) is 32.5 Å². The van der Waals surface area contributed by atoms with Crippen molar-refractivity contribution in [2.24, 2.45) is 29.0 Å². The van der Waals surface area contributed by atoms with Crippen molar-refractivity contribution in [2.75, 3.05) is 12.0 Å². The number of hydrogen-bond donors (Lipinski definition) is 6. The van der Waals surface area contributed by atoms with Gasteiger partial charge in [0, 0.05) is 0 Å². The first-order valence-corrected chi connectivity index (χ1v) is 9.66. The standard InChI is InChI=1S/C6H13NO2.C5H11NO2S.C5H11NO2/c1-3-4(2)5(7)6(8)9;1-9-3-2-4(6)5(7)8;1-3(2)4(6)5(7)8/h4-5H,3,7H2,1-2H3,(H,8,9);4H,2-3,6H2,1H3,(H,7,8);3-4H,6H2,1-2H3,(H,7,8). The first-order valence-electron chi connectivity index (χ1n) is 8.27. The Hall–Kier alpha value is -1.36. The molecule has 0 saturated carbocycles. The van der Waals surface area contributed by atoms with Crippen molar-refractivity contribution >= 4 is 29.7 Å². The maximum absolute atomic E-state index is 10.2. The average molecular weight is 398 g/mol. The Morgan fingerprint density at radius 2 is 1.31 bits per heavy atom. The van der Waals surface area contributed by atoms with Gasteiger partial charge in [-0.25, -0.2) is 0 Å². The molecule has 9 nitrogen and oxygen atoms in total. The van der Waals surface area contributed by atoms with Crippen molar-refractivity contribution in [1.29, 1.82) is 0 Å². The third-order valence-electron chi connectivity index (χ3n) is 3.50. The van der Waals surface area contributed by atoms with E-state index < -0.39 is 36.0 Å². The number of thioether (sulfide) groups is 1. The van der Waals surface area contributed by atoms with Crippen LogP contribution < -0.4 is 17.2 Å². The van der Waals surface area contributed by atoms with E-state index in [0.29, 0.717) is 6.42 Å². The lowest BCUT2D eigenvalue weighted by Gasteiger charge is -2.11. The van der Waals surface area contributed by atoms with Crippen molar-refractivity contribution in [3.8, 4) is 0 Å². The van der Waals surface area contributed by atoms with Crippen molar-refractivity contribution in [3.05, 3.63) is 0 Å². The zero-order valence-electron chi connectivity index (χ0n) is 16.2. The molecular weight excluding hydrogens is 362 g/mol. The Morgan fingerprint density at radius 3 is 1.46 bits per heavy atom. The molecule has 0 spiro atoms. The predicted octanol–water partition coefficient (Wildman–Crippen LogP) is 0.650. The van der Waals surface area contributed by atoms with Crippen molar-refractivity contribution in [3.63, 3.8) is 0 Å². The van der Waals surface area contributed by atoms with E-state index in [9.17, 15) is 14.4 Å². The van der Waals surface area contributed by atoms with Crippen molar-refractivity contribution in [2.45, 2.75) is 58.7 Å². The molecule has 0 aliphatic rings. The fourth-order valence-corrected chi connectivity index (χ4v) is 1.64. The molecule has 0 saturated heterocycles. The van der Waals surface area contributed by atoms with E-state index in [-0.39, 0.29) is 11.8 Å². The second kappa shape index (κ2) is 17.1. The maximum Gasteiger partial charge on any atom is 0.320 e. The highest BCUT2D eigenvalue weighted by molar-refractivity contribution is 7.98. The third-order valence-corrected chi connectivity index (χ3v) is 4.14. The van der Waals surface area contributed by atoms with Crippen LogP contribution in [0.5, 0.6) is 0 Å². The van der Waals surface area contributed by atoms with Gasteiger partial charge in [0.15, 0.2) is 0 Å². The van der Waals surface area contributed by atoms with Gasteiger partial charge in [-0.1, -0.05) is 34.1 Å². The zero-order valence-corrected chi connectivity index (χ0v) is 17.0. The van der Waals surface area contributed by atoms with Crippen LogP contribution in [-0.2, 0) is 14.4 Å². The number of carboxylic acid groups (broad SMARTS) is 3. The summed E-state index contributed by atoms with van der Waals surface area (Å²) in [7, 11) is 0. The molecule has 9 N–H and O–H groups in total. The second-order valence-corrected chi connectivity index (χ2v) is 7.07. The van der Waals surface area contributed by atoms with Crippen LogP contribution in [-0.4, -0.2) is 63.4 Å². The molecule has 0 heterocycles. The summed E-state index contributed by atoms with van der Waals surface area (Å²) in [5.74, 6) is -1.85. The first-order chi connectivity index (χ1) is 11.8. The minimum atomic E-state index is -0.931. The first kappa shape index (κ1) is 29.4. The Bertz CT molecular complexity index is 409. The topological polar surface area (TPSA) is 190 Å². The van der Waals surface area contributed by atoms with Gasteiger partial charge in [-0.2, -0.15) is 11.8 Å². The third kappa shape index (κ3) is 17.5. The quantitative estimate of drug-likeness (QED) is 0.322. The molecule has 10 heteroatoms. The van der Waals surface area contributed by atoms with Crippen LogP contribution in [0.1, 0.15) is 40.5 Å². The Morgan fingerprint density at radius 1 is 0.885 bits per heavy atom. The molecule has 156 valence electrons. The smallest absolute Gasteiger partial charge is 0.320 e. The lowest BCUT2D eigenvalue weighted by molar-refractivity contribution is -0.140. The van der Waals surface area contributed by atoms with E-state index in [1.54, 1.807) is 25.6 Å². The van der Waals surface area contributed by atoms with Gasteiger partial charge < -0.3 is 32.5 Å². The molecule has 0 aromatic rings. The van der Waals surface area contributed by atoms with E-state index in [0.717, 1.165) is 12.2 Å². The second-order valence-electron chi connectivity index (χ2n) is 6.08. The molecule has 0 radical (unpaired) electrons. The van der Waals surface area contributed by atoms with Gasteiger partial charge >= 0.3 is 17.9 Å². The summed E-state index contributed by atoms with van der Waals surface area (Å²) in [6.07, 6.45) is 3.29. The predicted molar refractivity (Wildman–Crippen MR) is 104 cm³/mol. The number of aliphatic carboxylic acids is 3. The van der Waals surface area contributed by atoms with Crippen LogP contribution in [0.2, 0.25) is 0 Å². The lowest BCUT2D eigenvalue weighted by atomic mass is 10.0. The zero-order chi connectivity index (χ0) is 21.4. The highest BCUT2D eigenvalue weighted by atomic mass is 32.2. The fourth-order valence-electron chi connectivity index (χ4n) is 1.15. The SMILES string of the molecule is CC(C)C(N)C(=O)O.CCC(C)C(N)C(=O)O.CSCCC(N)C(=O)O. The minimum absolute atomic E-state index is 0.0208. The number of nitrogens with two attached hydrogens (primary N) is 3. The highest BCUT2D eigenvalue weighted by Gasteiger charge is 2.17. The van der Waals surface area contributed by atoms with Crippen LogP contribution in [0.4, 0.5) is 0 Å². The number of hydrogen-bond acceptors (Lipinski definition) is 7. The minimum Gasteiger partial charge on any atom is -0.480 e. The summed E-state index contributed by atoms with van der Waals surface area (Å²) in [4.78, 5) is 30.3. The molecule has 0 amide bonds. The number of carboxylic acids is 3. The van der Waals surface area contributed by atoms with Gasteiger partial charge in [-0.3, -0.25) is 14.4 Å². The molecule has 0 bridgehead atoms. The van der Waals surface area contributed by atoms with Gasteiger partial charge in [0.25, 0.3) is 0 Å². The van der Waals surface area contributed by atoms with E-state index in [1.807, 2.05) is 20.1 Å². The molecule has 26 heavy (non-hydrogen) atoms. The Kier molecular flexibility index (Phi) is 19.3. The Balaban J connectivity index is -0.000000306. The number of carbonyl (C=O) groups is 3. The van der Waals surface area contributed by atoms with Crippen LogP contribution in [0, 0.1) is 11.8 Å². The summed E-state index contributed by atoms with van der Waals surface area (Å²) >= 11 is 1.60. The Labute approximate surface area is 159 Å². The van der Waals surface area contributed by atoms with Gasteiger partial charge in [-0.15, -0.1) is 0 Å². The maximum atomic E-state index is 10.2. The van der Waals surface area contributed by atoms with Gasteiger partial charge in [0.05, 0.1) is 0 Å². The fraction of sp³-hybridized carbons (Fsp3) is 0.812. The van der Waals surface area contributed by atoms with Crippen molar-refractivity contribution in [1.82, 2.24) is 0 Å². The lowest BCUT2D eigenvalue weighted by Crippen LogP contribution is -2.36. The van der Waals surface area contributed by atoms with Crippen LogP contribution in [0.25, 0.3) is 0 Å². The monoisotopic (exact) mass is 397 g/mol. The van der Waals surface area contributed by atoms with Crippen LogP contribution in [0.3, 0.4) is 0 Å². The normalized spacial score (nSPS) is 14.7.